The van der Waals surface area contributed by atoms with Gasteiger partial charge in [-0.3, -0.25) is 13.7 Å². The van der Waals surface area contributed by atoms with Gasteiger partial charge in [0.25, 0.3) is 0 Å². The smallest absolute Gasteiger partial charge is 0.165 e. The first kappa shape index (κ1) is 80.8. The highest BCUT2D eigenvalue weighted by atomic mass is 32.1. The molecule has 0 fully saturated rings. The van der Waals surface area contributed by atoms with E-state index in [1.54, 1.807) is 0 Å². The minimum Gasteiger partial charge on any atom is -0.309 e. The summed E-state index contributed by atoms with van der Waals surface area (Å²) in [7, 11) is 0. The van der Waals surface area contributed by atoms with E-state index in [-0.39, 0.29) is 0 Å². The molecule has 31 aromatic rings. The van der Waals surface area contributed by atoms with E-state index in [0.29, 0.717) is 0 Å². The Balaban J connectivity index is 0.0000000980. The van der Waals surface area contributed by atoms with Crippen molar-refractivity contribution in [2.75, 3.05) is 0 Å². The molecule has 0 radical (unpaired) electrons. The van der Waals surface area contributed by atoms with Crippen molar-refractivity contribution in [1.29, 1.82) is 0 Å². The maximum atomic E-state index is 5.31. The van der Waals surface area contributed by atoms with E-state index in [2.05, 4.69) is 443 Å². The van der Waals surface area contributed by atoms with E-state index in [0.717, 1.165) is 118 Å². The van der Waals surface area contributed by atoms with Crippen molar-refractivity contribution < 1.29 is 0 Å². The summed E-state index contributed by atoms with van der Waals surface area (Å²) >= 11 is 3.78. The predicted molar refractivity (Wildman–Crippen MR) is 612 cm³/mol. The van der Waals surface area contributed by atoms with Gasteiger partial charge in [-0.1, -0.05) is 315 Å². The molecule has 0 spiro atoms. The van der Waals surface area contributed by atoms with Crippen LogP contribution in [0.5, 0.6) is 0 Å². The number of para-hydroxylation sites is 10. The molecule has 22 aromatic carbocycles. The second kappa shape index (κ2) is 31.3. The lowest BCUT2D eigenvalue weighted by Gasteiger charge is -2.12. The number of fused-ring (bicyclic) bond motifs is 39. The van der Waals surface area contributed by atoms with E-state index < -0.39 is 0 Å². The van der Waals surface area contributed by atoms with Crippen molar-refractivity contribution in [2.24, 2.45) is 0 Å². The lowest BCUT2D eigenvalue weighted by molar-refractivity contribution is 1.09. The van der Waals surface area contributed by atoms with Crippen LogP contribution >= 0.6 is 22.7 Å². The Morgan fingerprint density at radius 2 is 0.479 bits per heavy atom. The highest BCUT2D eigenvalue weighted by Crippen LogP contribution is 2.55. The summed E-state index contributed by atoms with van der Waals surface area (Å²) in [5.41, 5.74) is 38.6. The lowest BCUT2D eigenvalue weighted by atomic mass is 9.92. The number of aromatic nitrogens is 10. The molecule has 674 valence electrons. The molecule has 0 atom stereocenters. The van der Waals surface area contributed by atoms with Crippen LogP contribution in [-0.2, 0) is 0 Å². The van der Waals surface area contributed by atoms with Crippen molar-refractivity contribution in [3.63, 3.8) is 0 Å². The zero-order valence-electron chi connectivity index (χ0n) is 78.2. The minimum atomic E-state index is 0.866. The first-order chi connectivity index (χ1) is 72.4. The summed E-state index contributed by atoms with van der Waals surface area (Å²) in [4.78, 5) is 31.6. The monoisotopic (exact) mass is 1890 g/mol. The first-order valence-electron chi connectivity index (χ1n) is 49.6. The molecular formula is C134H76N10S2. The van der Waals surface area contributed by atoms with Crippen molar-refractivity contribution in [3.05, 3.63) is 461 Å². The standard InChI is InChI=1S/C50H30N4.2C42H23N3S/c1-2-12-31(13-3-1)32-22-25-35(26-23-32)53-45-20-10-6-15-37(45)40-28-33(24-27-47(40)53)34-29-41-36-14-4-5-17-39(36)48-50(52-44-19-9-8-18-43(44)51-48)54-46-21-11-7-16-38(46)42(30-34)49(41)54;1-2-10-27-24(9-1)17-20-32-30-19-18-25(23-38(30)46-41(27)32)26-21-33-28-11-3-4-13-31(28)39-42(44-36-15-7-6-14-35(36)43-39)45-37-16-8-5-12-29(37)34(22-26)40(33)45;1-2-10-25-22-39-32(19-24(25)9-1)30-18-17-26(23-38(30)46-39)27-20-33-28-11-3-4-13-31(28)40-42(44-36-15-7-6-14-35(36)43-40)45-37-16-8-5-12-29(37)34(21-27)41(33)45/h1-30H;2*1-23H. The Morgan fingerprint density at radius 1 is 0.158 bits per heavy atom. The number of hydrogen-bond acceptors (Lipinski definition) is 8. The second-order valence-electron chi connectivity index (χ2n) is 38.6. The summed E-state index contributed by atoms with van der Waals surface area (Å²) in [6.45, 7) is 0. The molecule has 0 amide bonds. The van der Waals surface area contributed by atoms with Crippen molar-refractivity contribution in [1.82, 2.24) is 48.2 Å². The predicted octanol–water partition coefficient (Wildman–Crippen LogP) is 35.9. The number of hydrogen-bond donors (Lipinski definition) is 0. The first-order valence-corrected chi connectivity index (χ1v) is 51.2. The molecule has 146 heavy (non-hydrogen) atoms. The van der Waals surface area contributed by atoms with Crippen LogP contribution in [0.25, 0.3) is 317 Å². The van der Waals surface area contributed by atoms with Gasteiger partial charge < -0.3 is 4.57 Å². The fraction of sp³-hybridized carbons (Fsp3) is 0. The van der Waals surface area contributed by atoms with Gasteiger partial charge >= 0.3 is 0 Å². The van der Waals surface area contributed by atoms with Crippen molar-refractivity contribution in [3.8, 4) is 135 Å². The molecule has 0 saturated heterocycles. The van der Waals surface area contributed by atoms with Crippen LogP contribution < -0.4 is 0 Å². The Bertz CT molecular complexity index is 11100. The number of nitrogens with zero attached hydrogens (tertiary/aromatic N) is 10. The Kier molecular flexibility index (Phi) is 17.3. The average Bonchev–Trinajstić information content (AvgIpc) is 1.55. The van der Waals surface area contributed by atoms with Crippen LogP contribution in [0.3, 0.4) is 0 Å². The van der Waals surface area contributed by atoms with Crippen LogP contribution in [0.4, 0.5) is 0 Å². The van der Waals surface area contributed by atoms with E-state index in [1.165, 1.54) is 199 Å². The van der Waals surface area contributed by atoms with Gasteiger partial charge in [-0.15, -0.1) is 22.7 Å². The zero-order valence-corrected chi connectivity index (χ0v) is 79.8. The van der Waals surface area contributed by atoms with Gasteiger partial charge in [0.2, 0.25) is 0 Å². The van der Waals surface area contributed by atoms with Gasteiger partial charge in [0.15, 0.2) is 17.5 Å². The third-order valence-electron chi connectivity index (χ3n) is 30.6. The third kappa shape index (κ3) is 12.1. The number of benzene rings is 22. The summed E-state index contributed by atoms with van der Waals surface area (Å²) in [5, 5.41) is 20.2. The molecule has 9 aromatic heterocycles. The van der Waals surface area contributed by atoms with Crippen molar-refractivity contribution in [2.45, 2.75) is 0 Å². The Hall–Kier alpha value is -19.0. The summed E-state index contributed by atoms with van der Waals surface area (Å²) in [6, 6.07) is 167. The molecule has 3 aliphatic heterocycles. The molecule has 0 unspecified atom stereocenters. The maximum Gasteiger partial charge on any atom is 0.165 e. The number of thiophene rings is 2. The normalized spacial score (nSPS) is 12.2. The molecule has 12 heteroatoms. The summed E-state index contributed by atoms with van der Waals surface area (Å²) in [5.74, 6) is 2.62. The molecular weight excluding hydrogens is 1810 g/mol. The van der Waals surface area contributed by atoms with Gasteiger partial charge in [0.1, 0.15) is 17.1 Å². The van der Waals surface area contributed by atoms with E-state index >= 15 is 0 Å². The molecule has 34 rings (SSSR count). The van der Waals surface area contributed by atoms with E-state index in [9.17, 15) is 0 Å². The van der Waals surface area contributed by atoms with Gasteiger partial charge in [-0.2, -0.15) is 0 Å². The molecule has 0 saturated carbocycles. The van der Waals surface area contributed by atoms with Crippen LogP contribution in [0.1, 0.15) is 0 Å². The topological polar surface area (TPSA) is 97.1 Å². The fourth-order valence-electron chi connectivity index (χ4n) is 24.0. The molecule has 0 bridgehead atoms. The largest absolute Gasteiger partial charge is 0.309 e. The molecule has 10 nitrogen and oxygen atoms in total. The van der Waals surface area contributed by atoms with Crippen LogP contribution in [-0.4, -0.2) is 48.2 Å². The number of rotatable bonds is 5. The van der Waals surface area contributed by atoms with Gasteiger partial charge in [-0.05, 0) is 228 Å². The van der Waals surface area contributed by atoms with Crippen LogP contribution in [0, 0.1) is 0 Å². The van der Waals surface area contributed by atoms with Gasteiger partial charge in [-0.25, -0.2) is 29.9 Å². The van der Waals surface area contributed by atoms with E-state index in [4.69, 9.17) is 29.9 Å². The van der Waals surface area contributed by atoms with Crippen LogP contribution in [0.15, 0.2) is 461 Å². The Morgan fingerprint density at radius 3 is 0.952 bits per heavy atom. The molecule has 12 heterocycles. The molecule has 0 N–H and O–H groups in total. The Labute approximate surface area is 842 Å². The van der Waals surface area contributed by atoms with Gasteiger partial charge in [0, 0.05) is 123 Å². The fourth-order valence-corrected chi connectivity index (χ4v) is 26.5. The highest BCUT2D eigenvalue weighted by molar-refractivity contribution is 7.27. The minimum absolute atomic E-state index is 0.866. The molecule has 0 aliphatic carbocycles. The lowest BCUT2D eigenvalue weighted by Crippen LogP contribution is -2.02. The summed E-state index contributed by atoms with van der Waals surface area (Å²) in [6.07, 6.45) is 0. The zero-order chi connectivity index (χ0) is 95.2. The summed E-state index contributed by atoms with van der Waals surface area (Å²) < 4.78 is 14.7. The highest BCUT2D eigenvalue weighted by Gasteiger charge is 2.34. The maximum absolute atomic E-state index is 5.31. The van der Waals surface area contributed by atoms with Crippen LogP contribution in [0.2, 0.25) is 0 Å². The third-order valence-corrected chi connectivity index (χ3v) is 32.9. The second-order valence-corrected chi connectivity index (χ2v) is 40.7. The van der Waals surface area contributed by atoms with E-state index in [1.807, 2.05) is 59.1 Å². The van der Waals surface area contributed by atoms with Crippen molar-refractivity contribution >= 4 is 205 Å². The van der Waals surface area contributed by atoms with Gasteiger partial charge in [0.05, 0.1) is 77.2 Å². The SMILES string of the molecule is c1ccc(-c2ccc(-n3c4ccccc4c4cc(-c5cc6c7c(c5)c5ccccc5n7-c5nc7ccccc7nc5-c5ccccc5-6)ccc43)cc2)cc1.c1ccc2c(c1)-c1nc3ccccc3nc1-n1c3ccccc3c3cc(-c4ccc5c(c4)sc4c6ccccc6ccc54)cc-2c31.c1ccc2c(c1)-c1nc3ccccc3nc1-n1c3ccccc3c3cc(-c4ccc5c(c4)sc4cc6ccccc6cc45)cc-2c31. The quantitative estimate of drug-likeness (QED) is 0.170. The average molecular weight is 1890 g/mol. The molecule has 3 aliphatic rings.